The van der Waals surface area contributed by atoms with Gasteiger partial charge in [-0.15, -0.1) is 10.2 Å². The predicted octanol–water partition coefficient (Wildman–Crippen LogP) is 8.00. The van der Waals surface area contributed by atoms with Gasteiger partial charge in [-0.3, -0.25) is 9.36 Å². The van der Waals surface area contributed by atoms with Gasteiger partial charge in [0.05, 0.1) is 31.7 Å². The third kappa shape index (κ3) is 3.22. The molecule has 0 unspecified atom stereocenters. The molecule has 0 saturated heterocycles. The molecule has 0 fully saturated rings. The Morgan fingerprint density at radius 2 is 1.45 bits per heavy atom. The van der Waals surface area contributed by atoms with Gasteiger partial charge in [0.15, 0.2) is 5.75 Å². The largest absolute Gasteiger partial charge is 0.505 e. The fourth-order valence-corrected chi connectivity index (χ4v) is 4.21. The summed E-state index contributed by atoms with van der Waals surface area (Å²) in [6.45, 7) is 0. The molecule has 5 aromatic rings. The number of phenols is 1. The first kappa shape index (κ1) is 19.8. The molecule has 8 heteroatoms. The van der Waals surface area contributed by atoms with Crippen LogP contribution in [0.5, 0.6) is 5.75 Å². The minimum Gasteiger partial charge on any atom is -0.505 e. The first-order chi connectivity index (χ1) is 15.0. The molecule has 0 radical (unpaired) electrons. The molecule has 1 N–H and O–H groups in total. The third-order valence-corrected chi connectivity index (χ3v) is 5.96. The van der Waals surface area contributed by atoms with Gasteiger partial charge in [0.25, 0.3) is 5.91 Å². The fourth-order valence-electron chi connectivity index (χ4n) is 3.56. The molecular weight excluding hydrogens is 457 g/mol. The van der Waals surface area contributed by atoms with Crippen molar-refractivity contribution in [2.75, 3.05) is 0 Å². The van der Waals surface area contributed by atoms with E-state index in [0.717, 1.165) is 5.39 Å². The molecule has 0 aliphatic rings. The average Bonchev–Trinajstić information content (AvgIpc) is 3.26. The zero-order chi connectivity index (χ0) is 21.7. The molecule has 0 atom stereocenters. The Kier molecular flexibility index (Phi) is 4.82. The average molecular weight is 469 g/mol. The number of fused-ring (bicyclic) bond motifs is 3. The summed E-state index contributed by atoms with van der Waals surface area (Å²) < 4.78 is 1.38. The number of rotatable bonds is 3. The van der Waals surface area contributed by atoms with Gasteiger partial charge in [-0.1, -0.05) is 71.2 Å². The second kappa shape index (κ2) is 7.54. The van der Waals surface area contributed by atoms with Gasteiger partial charge in [-0.05, 0) is 35.7 Å². The van der Waals surface area contributed by atoms with E-state index in [0.29, 0.717) is 37.2 Å². The van der Waals surface area contributed by atoms with E-state index in [1.807, 2.05) is 18.2 Å². The number of halogens is 3. The zero-order valence-electron chi connectivity index (χ0n) is 15.7. The van der Waals surface area contributed by atoms with Crippen molar-refractivity contribution >= 4 is 73.9 Å². The number of benzene rings is 4. The Hall–Kier alpha value is -3.12. The lowest BCUT2D eigenvalue weighted by Crippen LogP contribution is -2.10. The van der Waals surface area contributed by atoms with Gasteiger partial charge in [0, 0.05) is 5.39 Å². The number of nitrogens with zero attached hydrogens (tertiary/aromatic N) is 3. The standard InChI is InChI=1S/C23H12Cl3N3O2/c24-15-7-3-4-8-18(15)27-28-21-13-6-2-1-5-12(13)9-14(22(21)30)23(31)29-19-10-16(25)20(29)11-17(19)26/h1-11,30H. The number of carbonyl (C=O) groups is 1. The predicted molar refractivity (Wildman–Crippen MR) is 124 cm³/mol. The maximum Gasteiger partial charge on any atom is 0.266 e. The molecule has 0 saturated carbocycles. The number of hydrogen-bond donors (Lipinski definition) is 1. The highest BCUT2D eigenvalue weighted by Crippen LogP contribution is 2.42. The first-order valence-electron chi connectivity index (χ1n) is 9.20. The summed E-state index contributed by atoms with van der Waals surface area (Å²) in [5, 5.41) is 22.1. The normalized spacial score (nSPS) is 11.8. The molecule has 2 aromatic heterocycles. The monoisotopic (exact) mass is 467 g/mol. The van der Waals surface area contributed by atoms with Gasteiger partial charge in [-0.2, -0.15) is 0 Å². The van der Waals surface area contributed by atoms with Crippen molar-refractivity contribution in [3.05, 3.63) is 87.4 Å². The summed E-state index contributed by atoms with van der Waals surface area (Å²) in [6, 6.07) is 19.1. The second-order valence-corrected chi connectivity index (χ2v) is 8.11. The lowest BCUT2D eigenvalue weighted by molar-refractivity contribution is 0.0967. The summed E-state index contributed by atoms with van der Waals surface area (Å²) in [6.07, 6.45) is 0. The lowest BCUT2D eigenvalue weighted by atomic mass is 10.0. The van der Waals surface area contributed by atoms with E-state index in [1.165, 1.54) is 4.57 Å². The van der Waals surface area contributed by atoms with E-state index in [-0.39, 0.29) is 17.0 Å². The van der Waals surface area contributed by atoms with Gasteiger partial charge in [0.2, 0.25) is 0 Å². The lowest BCUT2D eigenvalue weighted by Gasteiger charge is -2.11. The van der Waals surface area contributed by atoms with E-state index in [1.54, 1.807) is 48.5 Å². The van der Waals surface area contributed by atoms with E-state index >= 15 is 0 Å². The highest BCUT2D eigenvalue weighted by atomic mass is 35.5. The summed E-state index contributed by atoms with van der Waals surface area (Å²) in [5.41, 5.74) is 1.61. The Morgan fingerprint density at radius 3 is 2.16 bits per heavy atom. The van der Waals surface area contributed by atoms with Gasteiger partial charge < -0.3 is 5.11 Å². The van der Waals surface area contributed by atoms with Gasteiger partial charge >= 0.3 is 0 Å². The van der Waals surface area contributed by atoms with E-state index in [4.69, 9.17) is 34.8 Å². The Balaban J connectivity index is 1.71. The molecular formula is C23H12Cl3N3O2. The molecule has 0 spiro atoms. The molecule has 5 nitrogen and oxygen atoms in total. The number of hydrogen-bond acceptors (Lipinski definition) is 4. The number of carbonyl (C=O) groups excluding carboxylic acids is 1. The van der Waals surface area contributed by atoms with Crippen LogP contribution in [0.3, 0.4) is 0 Å². The van der Waals surface area contributed by atoms with Crippen molar-refractivity contribution in [2.45, 2.75) is 0 Å². The van der Waals surface area contributed by atoms with E-state index < -0.39 is 5.91 Å². The van der Waals surface area contributed by atoms with Crippen LogP contribution in [0.25, 0.3) is 21.8 Å². The Labute approximate surface area is 191 Å². The van der Waals surface area contributed by atoms with Crippen molar-refractivity contribution in [1.29, 1.82) is 0 Å². The number of aromatic nitrogens is 1. The van der Waals surface area contributed by atoms with E-state index in [2.05, 4.69) is 10.2 Å². The maximum atomic E-state index is 13.4. The molecule has 2 bridgehead atoms. The third-order valence-electron chi connectivity index (χ3n) is 5.04. The number of aromatic hydroxyl groups is 1. The summed E-state index contributed by atoms with van der Waals surface area (Å²) in [7, 11) is 0. The van der Waals surface area contributed by atoms with Crippen molar-refractivity contribution < 1.29 is 9.90 Å². The maximum absolute atomic E-state index is 13.4. The van der Waals surface area contributed by atoms with Gasteiger partial charge in [0.1, 0.15) is 11.4 Å². The van der Waals surface area contributed by atoms with E-state index in [9.17, 15) is 9.90 Å². The highest BCUT2D eigenvalue weighted by molar-refractivity contribution is 6.40. The SMILES string of the molecule is O=C(c1cc2ccccc2c(N=Nc2ccccc2Cl)c1O)n1c2cc(Cl)c1cc2Cl. The quantitative estimate of drug-likeness (QED) is 0.272. The summed E-state index contributed by atoms with van der Waals surface area (Å²) >= 11 is 18.6. The van der Waals surface area contributed by atoms with Crippen LogP contribution < -0.4 is 0 Å². The minimum atomic E-state index is -0.471. The number of azo groups is 1. The molecule has 5 rings (SSSR count). The summed E-state index contributed by atoms with van der Waals surface area (Å²) in [4.78, 5) is 13.4. The first-order valence-corrected chi connectivity index (χ1v) is 10.3. The van der Waals surface area contributed by atoms with Gasteiger partial charge in [-0.25, -0.2) is 0 Å². The summed E-state index contributed by atoms with van der Waals surface area (Å²) in [5.74, 6) is -0.763. The number of phenolic OH excluding ortho intramolecular Hbond substituents is 1. The van der Waals surface area contributed by atoms with Crippen LogP contribution in [0.1, 0.15) is 10.4 Å². The molecule has 0 amide bonds. The smallest absolute Gasteiger partial charge is 0.266 e. The minimum absolute atomic E-state index is 0.0568. The van der Waals surface area contributed by atoms with Crippen LogP contribution in [0.2, 0.25) is 15.1 Å². The Morgan fingerprint density at radius 1 is 0.806 bits per heavy atom. The Bertz CT molecular complexity index is 1470. The fraction of sp³-hybridized carbons (Fsp3) is 0. The second-order valence-electron chi connectivity index (χ2n) is 6.89. The topological polar surface area (TPSA) is 66.9 Å². The molecule has 3 aromatic carbocycles. The molecule has 0 aliphatic heterocycles. The highest BCUT2D eigenvalue weighted by Gasteiger charge is 2.25. The molecule has 0 aliphatic carbocycles. The van der Waals surface area contributed by atoms with Crippen LogP contribution >= 0.6 is 34.8 Å². The van der Waals surface area contributed by atoms with Crippen LogP contribution in [0.15, 0.2) is 77.0 Å². The van der Waals surface area contributed by atoms with Crippen molar-refractivity contribution in [3.63, 3.8) is 0 Å². The van der Waals surface area contributed by atoms with Crippen LogP contribution in [-0.4, -0.2) is 15.6 Å². The molecule has 31 heavy (non-hydrogen) atoms. The van der Waals surface area contributed by atoms with Crippen molar-refractivity contribution in [2.24, 2.45) is 10.2 Å². The van der Waals surface area contributed by atoms with Crippen molar-refractivity contribution in [1.82, 2.24) is 4.57 Å². The van der Waals surface area contributed by atoms with Crippen LogP contribution in [0.4, 0.5) is 11.4 Å². The van der Waals surface area contributed by atoms with Crippen molar-refractivity contribution in [3.8, 4) is 5.75 Å². The zero-order valence-corrected chi connectivity index (χ0v) is 17.9. The molecule has 152 valence electrons. The molecule has 2 heterocycles. The van der Waals surface area contributed by atoms with Crippen LogP contribution in [0, 0.1) is 0 Å². The van der Waals surface area contributed by atoms with Crippen LogP contribution in [-0.2, 0) is 0 Å².